The topological polar surface area (TPSA) is 84.9 Å². The third-order valence-corrected chi connectivity index (χ3v) is 8.06. The smallest absolute Gasteiger partial charge is 0.264 e. The molecule has 2 heterocycles. The number of rotatable bonds is 5. The number of amides is 1. The highest BCUT2D eigenvalue weighted by Gasteiger charge is 2.30. The van der Waals surface area contributed by atoms with Crippen LogP contribution in [0.25, 0.3) is 0 Å². The summed E-state index contributed by atoms with van der Waals surface area (Å²) >= 11 is 6.29. The Hall–Kier alpha value is -3.23. The van der Waals surface area contributed by atoms with Crippen molar-refractivity contribution in [1.82, 2.24) is 5.32 Å². The van der Waals surface area contributed by atoms with Crippen LogP contribution in [0.2, 0.25) is 5.02 Å². The van der Waals surface area contributed by atoms with Gasteiger partial charge in [0.1, 0.15) is 13.2 Å². The molecule has 0 saturated heterocycles. The second kappa shape index (κ2) is 9.19. The molecule has 0 fully saturated rings. The van der Waals surface area contributed by atoms with E-state index >= 15 is 0 Å². The number of anilines is 1. The maximum absolute atomic E-state index is 13.5. The number of benzene rings is 3. The third kappa shape index (κ3) is 4.19. The van der Waals surface area contributed by atoms with Crippen LogP contribution in [0.5, 0.6) is 11.5 Å². The number of hydrogen-bond donors (Lipinski definition) is 1. The minimum atomic E-state index is -3.87. The zero-order chi connectivity index (χ0) is 23.7. The number of carbonyl (C=O) groups excluding carboxylic acids is 1. The number of halogens is 1. The molecule has 1 N–H and O–H groups in total. The summed E-state index contributed by atoms with van der Waals surface area (Å²) < 4.78 is 39.7. The molecule has 0 saturated carbocycles. The molecule has 0 bridgehead atoms. The highest BCUT2D eigenvalue weighted by atomic mass is 35.5. The van der Waals surface area contributed by atoms with Gasteiger partial charge in [-0.3, -0.25) is 9.10 Å². The lowest BCUT2D eigenvalue weighted by molar-refractivity contribution is 0.0950. The number of ether oxygens (including phenoxy) is 2. The fraction of sp³-hybridized carbons (Fsp3) is 0.240. The first-order valence-electron chi connectivity index (χ1n) is 11.0. The van der Waals surface area contributed by atoms with Crippen LogP contribution in [0.1, 0.15) is 27.9 Å². The lowest BCUT2D eigenvalue weighted by Crippen LogP contribution is -2.35. The maximum atomic E-state index is 13.5. The van der Waals surface area contributed by atoms with E-state index in [2.05, 4.69) is 5.32 Å². The van der Waals surface area contributed by atoms with E-state index in [0.29, 0.717) is 36.9 Å². The number of carbonyl (C=O) groups is 1. The Morgan fingerprint density at radius 3 is 2.74 bits per heavy atom. The van der Waals surface area contributed by atoms with Crippen LogP contribution in [0.4, 0.5) is 5.69 Å². The Bertz CT molecular complexity index is 1360. The molecule has 0 aromatic heterocycles. The van der Waals surface area contributed by atoms with Crippen molar-refractivity contribution in [2.45, 2.75) is 24.3 Å². The molecule has 0 spiro atoms. The Kier molecular flexibility index (Phi) is 6.10. The number of para-hydroxylation sites is 2. The molecule has 5 rings (SSSR count). The van der Waals surface area contributed by atoms with Crippen LogP contribution in [0, 0.1) is 0 Å². The predicted octanol–water partition coefficient (Wildman–Crippen LogP) is 4.18. The maximum Gasteiger partial charge on any atom is 0.264 e. The summed E-state index contributed by atoms with van der Waals surface area (Å²) in [7, 11) is -3.87. The Morgan fingerprint density at radius 2 is 1.85 bits per heavy atom. The normalized spacial score (nSPS) is 14.9. The fourth-order valence-corrected chi connectivity index (χ4v) is 6.03. The summed E-state index contributed by atoms with van der Waals surface area (Å²) in [5.41, 5.74) is 2.51. The summed E-state index contributed by atoms with van der Waals surface area (Å²) in [5, 5.41) is 2.98. The van der Waals surface area contributed by atoms with Crippen molar-refractivity contribution in [1.29, 1.82) is 0 Å². The van der Waals surface area contributed by atoms with Crippen molar-refractivity contribution in [3.63, 3.8) is 0 Å². The van der Waals surface area contributed by atoms with Gasteiger partial charge in [0, 0.05) is 18.7 Å². The standard InChI is InChI=1S/C25H23ClN2O5S/c26-21-11-10-19(34(30,31)28-12-4-7-17-5-1-2-8-22(17)28)15-20(21)25(29)27-16-18-6-3-9-23-24(18)33-14-13-32-23/h1-3,5-6,8-11,15H,4,7,12-14,16H2,(H,27,29). The SMILES string of the molecule is O=C(NCc1cccc2c1OCCO2)c1cc(S(=O)(=O)N2CCCc3ccccc32)ccc1Cl. The van der Waals surface area contributed by atoms with Gasteiger partial charge in [0.2, 0.25) is 0 Å². The Morgan fingerprint density at radius 1 is 1.03 bits per heavy atom. The number of nitrogens with one attached hydrogen (secondary N) is 1. The predicted molar refractivity (Wildman–Crippen MR) is 129 cm³/mol. The van der Waals surface area contributed by atoms with Crippen LogP contribution < -0.4 is 19.1 Å². The lowest BCUT2D eigenvalue weighted by atomic mass is 10.0. The molecule has 3 aromatic carbocycles. The second-order valence-corrected chi connectivity index (χ2v) is 10.3. The molecule has 7 nitrogen and oxygen atoms in total. The van der Waals surface area contributed by atoms with E-state index in [0.717, 1.165) is 24.0 Å². The van der Waals surface area contributed by atoms with E-state index in [1.165, 1.54) is 22.5 Å². The van der Waals surface area contributed by atoms with E-state index in [1.54, 1.807) is 0 Å². The summed E-state index contributed by atoms with van der Waals surface area (Å²) in [6, 6.07) is 17.2. The summed E-state index contributed by atoms with van der Waals surface area (Å²) in [4.78, 5) is 13.0. The minimum Gasteiger partial charge on any atom is -0.486 e. The van der Waals surface area contributed by atoms with Crippen molar-refractivity contribution in [3.05, 3.63) is 82.4 Å². The van der Waals surface area contributed by atoms with Gasteiger partial charge in [0.25, 0.3) is 15.9 Å². The summed E-state index contributed by atoms with van der Waals surface area (Å²) in [6.07, 6.45) is 1.55. The van der Waals surface area contributed by atoms with Gasteiger partial charge in [-0.15, -0.1) is 0 Å². The molecule has 176 valence electrons. The Balaban J connectivity index is 1.40. The average Bonchev–Trinajstić information content (AvgIpc) is 2.87. The molecule has 9 heteroatoms. The molecule has 2 aliphatic rings. The number of hydrogen-bond acceptors (Lipinski definition) is 5. The highest BCUT2D eigenvalue weighted by Crippen LogP contribution is 2.34. The van der Waals surface area contributed by atoms with Crippen LogP contribution in [0.15, 0.2) is 65.6 Å². The second-order valence-electron chi connectivity index (χ2n) is 8.08. The van der Waals surface area contributed by atoms with Crippen LogP contribution >= 0.6 is 11.6 Å². The van der Waals surface area contributed by atoms with Crippen molar-refractivity contribution in [2.24, 2.45) is 0 Å². The van der Waals surface area contributed by atoms with Crippen molar-refractivity contribution < 1.29 is 22.7 Å². The van der Waals surface area contributed by atoms with E-state index in [4.69, 9.17) is 21.1 Å². The molecule has 1 amide bonds. The molecular weight excluding hydrogens is 476 g/mol. The van der Waals surface area contributed by atoms with Gasteiger partial charge in [-0.05, 0) is 48.7 Å². The zero-order valence-electron chi connectivity index (χ0n) is 18.3. The Labute approximate surface area is 203 Å². The quantitative estimate of drug-likeness (QED) is 0.570. The zero-order valence-corrected chi connectivity index (χ0v) is 19.9. The van der Waals surface area contributed by atoms with Gasteiger partial charge in [0.05, 0.1) is 21.2 Å². The first kappa shape index (κ1) is 22.6. The largest absolute Gasteiger partial charge is 0.486 e. The lowest BCUT2D eigenvalue weighted by Gasteiger charge is -2.30. The molecule has 34 heavy (non-hydrogen) atoms. The average molecular weight is 499 g/mol. The minimum absolute atomic E-state index is 0.0209. The van der Waals surface area contributed by atoms with Gasteiger partial charge in [0.15, 0.2) is 11.5 Å². The molecule has 0 atom stereocenters. The van der Waals surface area contributed by atoms with Crippen molar-refractivity contribution >= 4 is 33.2 Å². The van der Waals surface area contributed by atoms with Crippen molar-refractivity contribution in [3.8, 4) is 11.5 Å². The highest BCUT2D eigenvalue weighted by molar-refractivity contribution is 7.92. The number of fused-ring (bicyclic) bond motifs is 2. The molecule has 0 unspecified atom stereocenters. The van der Waals surface area contributed by atoms with Crippen LogP contribution in [-0.4, -0.2) is 34.1 Å². The van der Waals surface area contributed by atoms with Gasteiger partial charge >= 0.3 is 0 Å². The number of sulfonamides is 1. The van der Waals surface area contributed by atoms with Gasteiger partial charge in [-0.25, -0.2) is 8.42 Å². The van der Waals surface area contributed by atoms with E-state index in [9.17, 15) is 13.2 Å². The molecule has 2 aliphatic heterocycles. The fourth-order valence-electron chi connectivity index (χ4n) is 4.26. The monoisotopic (exact) mass is 498 g/mol. The van der Waals surface area contributed by atoms with Gasteiger partial charge < -0.3 is 14.8 Å². The van der Waals surface area contributed by atoms with Gasteiger partial charge in [-0.1, -0.05) is 41.9 Å². The van der Waals surface area contributed by atoms with Crippen LogP contribution in [-0.2, 0) is 23.0 Å². The van der Waals surface area contributed by atoms with E-state index < -0.39 is 15.9 Å². The first-order chi connectivity index (χ1) is 16.4. The molecular formula is C25H23ClN2O5S. The summed E-state index contributed by atoms with van der Waals surface area (Å²) in [6.45, 7) is 1.47. The van der Waals surface area contributed by atoms with E-state index in [1.807, 2.05) is 42.5 Å². The molecule has 0 radical (unpaired) electrons. The first-order valence-corrected chi connectivity index (χ1v) is 12.8. The van der Waals surface area contributed by atoms with Crippen molar-refractivity contribution in [2.75, 3.05) is 24.1 Å². The summed E-state index contributed by atoms with van der Waals surface area (Å²) in [5.74, 6) is 0.751. The third-order valence-electron chi connectivity index (χ3n) is 5.93. The van der Waals surface area contributed by atoms with E-state index in [-0.39, 0.29) is 22.0 Å². The van der Waals surface area contributed by atoms with Crippen LogP contribution in [0.3, 0.4) is 0 Å². The molecule has 3 aromatic rings. The van der Waals surface area contributed by atoms with Gasteiger partial charge in [-0.2, -0.15) is 0 Å². The molecule has 0 aliphatic carbocycles. The number of aryl methyl sites for hydroxylation is 1. The number of nitrogens with zero attached hydrogens (tertiary/aromatic N) is 1.